The third-order valence-corrected chi connectivity index (χ3v) is 6.11. The lowest BCUT2D eigenvalue weighted by Gasteiger charge is -2.20. The van der Waals surface area contributed by atoms with Crippen molar-refractivity contribution >= 4 is 0 Å². The van der Waals surface area contributed by atoms with Crippen LogP contribution in [0.3, 0.4) is 0 Å². The van der Waals surface area contributed by atoms with Crippen LogP contribution in [-0.4, -0.2) is 27.5 Å². The number of H-pyrrole nitrogens is 1. The van der Waals surface area contributed by atoms with Crippen molar-refractivity contribution in [1.82, 2.24) is 25.2 Å². The van der Waals surface area contributed by atoms with Gasteiger partial charge in [-0.15, -0.1) is 0 Å². The number of benzene rings is 1. The van der Waals surface area contributed by atoms with Gasteiger partial charge in [-0.25, -0.2) is 23.3 Å². The van der Waals surface area contributed by atoms with E-state index in [0.29, 0.717) is 30.7 Å². The van der Waals surface area contributed by atoms with Crippen LogP contribution in [0.15, 0.2) is 27.8 Å². The molecule has 2 aliphatic carbocycles. The van der Waals surface area contributed by atoms with Gasteiger partial charge in [-0.05, 0) is 68.1 Å². The molecule has 1 aromatic carbocycles. The Kier molecular flexibility index (Phi) is 6.92. The van der Waals surface area contributed by atoms with Crippen LogP contribution in [-0.2, 0) is 13.6 Å². The number of hydrazine groups is 1. The molecular weight excluding hydrogens is 401 g/mol. The molecule has 4 rings (SSSR count). The van der Waals surface area contributed by atoms with Crippen molar-refractivity contribution in [3.05, 3.63) is 50.5 Å². The van der Waals surface area contributed by atoms with Gasteiger partial charge in [0.15, 0.2) is 11.6 Å². The molecule has 0 aliphatic heterocycles. The molecule has 1 heterocycles. The van der Waals surface area contributed by atoms with E-state index in [2.05, 4.69) is 15.8 Å². The summed E-state index contributed by atoms with van der Waals surface area (Å²) in [5.41, 5.74) is 7.03. The molecule has 1 atom stereocenters. The zero-order valence-corrected chi connectivity index (χ0v) is 18.0. The predicted molar refractivity (Wildman–Crippen MR) is 115 cm³/mol. The first-order valence-electron chi connectivity index (χ1n) is 11.3. The number of hydrogen-bond acceptors (Lipinski definition) is 5. The third-order valence-electron chi connectivity index (χ3n) is 6.11. The van der Waals surface area contributed by atoms with E-state index < -0.39 is 0 Å². The van der Waals surface area contributed by atoms with E-state index in [1.165, 1.54) is 41.1 Å². The Morgan fingerprint density at radius 2 is 1.97 bits per heavy atom. The number of ether oxygens (including phenoxy) is 1. The van der Waals surface area contributed by atoms with Crippen LogP contribution in [0, 0.1) is 17.7 Å². The summed E-state index contributed by atoms with van der Waals surface area (Å²) < 4.78 is 22.6. The lowest BCUT2D eigenvalue weighted by atomic mass is 10.0. The molecule has 0 bridgehead atoms. The summed E-state index contributed by atoms with van der Waals surface area (Å²) in [6, 6.07) is 5.33. The highest BCUT2D eigenvalue weighted by Gasteiger charge is 2.32. The van der Waals surface area contributed by atoms with Gasteiger partial charge in [-0.1, -0.05) is 12.5 Å². The van der Waals surface area contributed by atoms with Crippen LogP contribution < -0.4 is 27.0 Å². The normalized spacial score (nSPS) is 17.1. The summed E-state index contributed by atoms with van der Waals surface area (Å²) >= 11 is 0. The molecule has 2 aromatic rings. The van der Waals surface area contributed by atoms with Gasteiger partial charge in [0.25, 0.3) is 0 Å². The highest BCUT2D eigenvalue weighted by molar-refractivity contribution is 5.33. The van der Waals surface area contributed by atoms with Gasteiger partial charge >= 0.3 is 11.4 Å². The van der Waals surface area contributed by atoms with Crippen LogP contribution in [0.25, 0.3) is 0 Å². The van der Waals surface area contributed by atoms with Gasteiger partial charge < -0.3 is 4.74 Å². The maximum atomic E-state index is 14.1. The van der Waals surface area contributed by atoms with Gasteiger partial charge in [-0.3, -0.25) is 15.8 Å². The summed E-state index contributed by atoms with van der Waals surface area (Å²) in [4.78, 5) is 25.3. The molecule has 2 saturated carbocycles. The standard InChI is InChI=1S/C22H32FN5O3/c1-27-21(29)25-22(30)28(27)12-4-2-3-11-24-26-20(16-7-8-16)17-9-10-18(23)19(13-17)31-14-15-5-6-15/h9-10,13,15-16,20,24,26H,2-8,11-12,14H2,1H3,(H,25,29,30). The first kappa shape index (κ1) is 21.8. The number of aromatic amines is 1. The Hall–Kier alpha value is -2.39. The molecule has 170 valence electrons. The van der Waals surface area contributed by atoms with Crippen molar-refractivity contribution in [2.24, 2.45) is 18.9 Å². The lowest BCUT2D eigenvalue weighted by Crippen LogP contribution is -2.37. The molecule has 2 aliphatic rings. The second kappa shape index (κ2) is 9.82. The van der Waals surface area contributed by atoms with E-state index in [1.54, 1.807) is 7.05 Å². The summed E-state index contributed by atoms with van der Waals surface area (Å²) in [5, 5.41) is 0. The second-order valence-electron chi connectivity index (χ2n) is 8.77. The number of rotatable bonds is 13. The van der Waals surface area contributed by atoms with E-state index >= 15 is 0 Å². The molecule has 9 heteroatoms. The van der Waals surface area contributed by atoms with Crippen LogP contribution >= 0.6 is 0 Å². The van der Waals surface area contributed by atoms with E-state index in [4.69, 9.17) is 4.74 Å². The maximum absolute atomic E-state index is 14.1. The quantitative estimate of drug-likeness (QED) is 0.333. The van der Waals surface area contributed by atoms with Gasteiger partial charge in [0.05, 0.1) is 6.61 Å². The SMILES string of the molecule is Cn1c(=O)[nH]c(=O)n1CCCCCNNC(c1ccc(F)c(OCC2CC2)c1)C1CC1. The van der Waals surface area contributed by atoms with E-state index in [-0.39, 0.29) is 23.2 Å². The number of nitrogens with one attached hydrogen (secondary N) is 3. The highest BCUT2D eigenvalue weighted by Crippen LogP contribution is 2.41. The van der Waals surface area contributed by atoms with Crippen molar-refractivity contribution in [2.75, 3.05) is 13.2 Å². The summed E-state index contributed by atoms with van der Waals surface area (Å²) in [5.74, 6) is 1.19. The molecule has 2 fully saturated rings. The minimum Gasteiger partial charge on any atom is -0.490 e. The Balaban J connectivity index is 1.21. The largest absolute Gasteiger partial charge is 0.490 e. The summed E-state index contributed by atoms with van der Waals surface area (Å²) in [6.07, 6.45) is 7.38. The van der Waals surface area contributed by atoms with Crippen molar-refractivity contribution in [3.8, 4) is 5.75 Å². The minimum atomic E-state index is -0.385. The van der Waals surface area contributed by atoms with E-state index in [1.807, 2.05) is 12.1 Å². The van der Waals surface area contributed by atoms with Gasteiger partial charge in [-0.2, -0.15) is 0 Å². The molecule has 8 nitrogen and oxygen atoms in total. The number of aromatic nitrogens is 3. The molecule has 0 amide bonds. The van der Waals surface area contributed by atoms with Crippen molar-refractivity contribution < 1.29 is 9.13 Å². The number of halogens is 1. The van der Waals surface area contributed by atoms with Gasteiger partial charge in [0, 0.05) is 26.2 Å². The molecule has 1 aromatic heterocycles. The second-order valence-corrected chi connectivity index (χ2v) is 8.77. The smallest absolute Gasteiger partial charge is 0.344 e. The number of nitrogens with zero attached hydrogens (tertiary/aromatic N) is 2. The van der Waals surface area contributed by atoms with Crippen LogP contribution in [0.1, 0.15) is 56.6 Å². The monoisotopic (exact) mass is 433 g/mol. The molecule has 31 heavy (non-hydrogen) atoms. The summed E-state index contributed by atoms with van der Waals surface area (Å²) in [6.45, 7) is 1.91. The average Bonchev–Trinajstić information content (AvgIpc) is 3.66. The number of unbranched alkanes of at least 4 members (excludes halogenated alkanes) is 2. The lowest BCUT2D eigenvalue weighted by molar-refractivity contribution is 0.284. The maximum Gasteiger partial charge on any atom is 0.344 e. The molecular formula is C22H32FN5O3. The van der Waals surface area contributed by atoms with Gasteiger partial charge in [0.2, 0.25) is 0 Å². The number of hydrogen-bond donors (Lipinski definition) is 3. The zero-order chi connectivity index (χ0) is 21.8. The Morgan fingerprint density at radius 3 is 2.65 bits per heavy atom. The topological polar surface area (TPSA) is 93.1 Å². The Bertz CT molecular complexity index is 990. The predicted octanol–water partition coefficient (Wildman–Crippen LogP) is 2.22. The molecule has 0 spiro atoms. The molecule has 1 unspecified atom stereocenters. The minimum absolute atomic E-state index is 0.136. The highest BCUT2D eigenvalue weighted by atomic mass is 19.1. The van der Waals surface area contributed by atoms with Crippen LogP contribution in [0.5, 0.6) is 5.75 Å². The van der Waals surface area contributed by atoms with E-state index in [0.717, 1.165) is 31.4 Å². The molecule has 0 radical (unpaired) electrons. The Labute approximate surface area is 180 Å². The van der Waals surface area contributed by atoms with E-state index in [9.17, 15) is 14.0 Å². The fraction of sp³-hybridized carbons (Fsp3) is 0.636. The Morgan fingerprint density at radius 1 is 1.16 bits per heavy atom. The van der Waals surface area contributed by atoms with Crippen molar-refractivity contribution in [2.45, 2.75) is 57.5 Å². The van der Waals surface area contributed by atoms with Crippen molar-refractivity contribution in [3.63, 3.8) is 0 Å². The fourth-order valence-electron chi connectivity index (χ4n) is 3.79. The fourth-order valence-corrected chi connectivity index (χ4v) is 3.79. The average molecular weight is 434 g/mol. The van der Waals surface area contributed by atoms with Gasteiger partial charge in [0.1, 0.15) is 0 Å². The van der Waals surface area contributed by atoms with Crippen LogP contribution in [0.4, 0.5) is 4.39 Å². The van der Waals surface area contributed by atoms with Crippen molar-refractivity contribution in [1.29, 1.82) is 0 Å². The van der Waals surface area contributed by atoms with Crippen LogP contribution in [0.2, 0.25) is 0 Å². The third kappa shape index (κ3) is 5.86. The molecule has 0 saturated heterocycles. The molecule has 3 N–H and O–H groups in total. The first-order chi connectivity index (χ1) is 15.0. The summed E-state index contributed by atoms with van der Waals surface area (Å²) in [7, 11) is 1.58. The first-order valence-corrected chi connectivity index (χ1v) is 11.3. The zero-order valence-electron chi connectivity index (χ0n) is 18.0.